The molecule has 26 heavy (non-hydrogen) atoms. The molecule has 7 heteroatoms. The molecule has 0 saturated heterocycles. The highest BCUT2D eigenvalue weighted by Crippen LogP contribution is 2.26. The van der Waals surface area contributed by atoms with Crippen molar-refractivity contribution in [3.05, 3.63) is 71.1 Å². The molecule has 1 aromatic heterocycles. The number of hydrogen-bond donors (Lipinski definition) is 3. The van der Waals surface area contributed by atoms with Crippen LogP contribution in [0.2, 0.25) is 0 Å². The third-order valence-electron chi connectivity index (χ3n) is 3.79. The molecular weight excluding hydrogens is 352 g/mol. The number of aromatic carboxylic acids is 1. The molecule has 3 N–H and O–H groups in total. The molecule has 0 spiro atoms. The first-order valence-corrected chi connectivity index (χ1v) is 8.73. The summed E-state index contributed by atoms with van der Waals surface area (Å²) in [6, 6.07) is 15.0. The Kier molecular flexibility index (Phi) is 5.28. The number of carbonyl (C=O) groups is 2. The molecular formula is C19H16N2O4S. The van der Waals surface area contributed by atoms with Crippen molar-refractivity contribution in [1.82, 2.24) is 4.98 Å². The van der Waals surface area contributed by atoms with E-state index < -0.39 is 18.0 Å². The van der Waals surface area contributed by atoms with Crippen LogP contribution in [0.15, 0.2) is 60.0 Å². The average Bonchev–Trinajstić information content (AvgIpc) is 3.11. The van der Waals surface area contributed by atoms with Gasteiger partial charge in [0.05, 0.1) is 11.3 Å². The van der Waals surface area contributed by atoms with Gasteiger partial charge in [-0.3, -0.25) is 0 Å². The van der Waals surface area contributed by atoms with Crippen LogP contribution < -0.4 is 5.32 Å². The largest absolute Gasteiger partial charge is 0.480 e. The van der Waals surface area contributed by atoms with Gasteiger partial charge in [-0.25, -0.2) is 14.6 Å². The third-order valence-corrected chi connectivity index (χ3v) is 4.56. The van der Waals surface area contributed by atoms with Gasteiger partial charge in [0.1, 0.15) is 6.04 Å². The van der Waals surface area contributed by atoms with E-state index in [0.717, 1.165) is 5.56 Å². The fourth-order valence-corrected chi connectivity index (χ4v) is 3.26. The summed E-state index contributed by atoms with van der Waals surface area (Å²) in [4.78, 5) is 27.0. The summed E-state index contributed by atoms with van der Waals surface area (Å²) in [5, 5.41) is 23.7. The van der Waals surface area contributed by atoms with Crippen LogP contribution in [0.5, 0.6) is 0 Å². The fourth-order valence-electron chi connectivity index (χ4n) is 2.48. The van der Waals surface area contributed by atoms with E-state index in [0.29, 0.717) is 22.8 Å². The van der Waals surface area contributed by atoms with E-state index >= 15 is 0 Å². The number of rotatable bonds is 7. The van der Waals surface area contributed by atoms with E-state index in [2.05, 4.69) is 10.3 Å². The van der Waals surface area contributed by atoms with Crippen molar-refractivity contribution in [2.45, 2.75) is 12.5 Å². The maximum atomic E-state index is 11.6. The second kappa shape index (κ2) is 7.79. The molecule has 6 nitrogen and oxygen atoms in total. The lowest BCUT2D eigenvalue weighted by molar-refractivity contribution is -0.137. The Labute approximate surface area is 153 Å². The Bertz CT molecular complexity index is 924. The molecule has 1 atom stereocenters. The first-order chi connectivity index (χ1) is 12.5. The standard InChI is InChI=1S/C19H16N2O4S/c22-17(23)14-8-4-7-13(10-14)16-11-26-19(21-16)20-15(18(24)25)9-12-5-2-1-3-6-12/h1-8,10-11,15H,9H2,(H,20,21)(H,22,23)(H,24,25)/t15-/m1/s1. The van der Waals surface area contributed by atoms with E-state index in [9.17, 15) is 14.7 Å². The number of carboxylic acids is 2. The van der Waals surface area contributed by atoms with Crippen LogP contribution in [-0.2, 0) is 11.2 Å². The molecule has 0 saturated carbocycles. The number of nitrogens with one attached hydrogen (secondary N) is 1. The highest BCUT2D eigenvalue weighted by atomic mass is 32.1. The van der Waals surface area contributed by atoms with Crippen LogP contribution in [0, 0.1) is 0 Å². The van der Waals surface area contributed by atoms with E-state index in [1.54, 1.807) is 23.6 Å². The predicted octanol–water partition coefficient (Wildman–Crippen LogP) is 3.62. The molecule has 0 aliphatic carbocycles. The molecule has 2 aromatic carbocycles. The first kappa shape index (κ1) is 17.6. The highest BCUT2D eigenvalue weighted by Gasteiger charge is 2.19. The maximum absolute atomic E-state index is 11.6. The summed E-state index contributed by atoms with van der Waals surface area (Å²) in [6.07, 6.45) is 0.333. The monoisotopic (exact) mass is 368 g/mol. The van der Waals surface area contributed by atoms with E-state index in [1.807, 2.05) is 30.3 Å². The quantitative estimate of drug-likeness (QED) is 0.589. The average molecular weight is 368 g/mol. The Morgan fingerprint density at radius 3 is 2.54 bits per heavy atom. The SMILES string of the molecule is O=C(O)c1cccc(-c2csc(N[C@H](Cc3ccccc3)C(=O)O)n2)c1. The zero-order valence-electron chi connectivity index (χ0n) is 13.6. The number of aliphatic carboxylic acids is 1. The molecule has 0 aliphatic heterocycles. The van der Waals surface area contributed by atoms with Crippen molar-refractivity contribution >= 4 is 28.4 Å². The number of nitrogens with zero attached hydrogens (tertiary/aromatic N) is 1. The van der Waals surface area contributed by atoms with Gasteiger partial charge in [-0.2, -0.15) is 0 Å². The molecule has 0 bridgehead atoms. The van der Waals surface area contributed by atoms with Gasteiger partial charge >= 0.3 is 11.9 Å². The summed E-state index contributed by atoms with van der Waals surface area (Å²) in [5.41, 5.74) is 2.37. The van der Waals surface area contributed by atoms with Crippen molar-refractivity contribution < 1.29 is 19.8 Å². The Morgan fingerprint density at radius 2 is 1.85 bits per heavy atom. The van der Waals surface area contributed by atoms with E-state index in [1.165, 1.54) is 17.4 Å². The minimum absolute atomic E-state index is 0.178. The van der Waals surface area contributed by atoms with E-state index in [-0.39, 0.29) is 5.56 Å². The minimum Gasteiger partial charge on any atom is -0.480 e. The number of thiazole rings is 1. The van der Waals surface area contributed by atoms with Gasteiger partial charge in [-0.15, -0.1) is 11.3 Å². The van der Waals surface area contributed by atoms with Crippen LogP contribution in [0.3, 0.4) is 0 Å². The normalized spacial score (nSPS) is 11.7. The van der Waals surface area contributed by atoms with E-state index in [4.69, 9.17) is 5.11 Å². The molecule has 3 aromatic rings. The van der Waals surface area contributed by atoms with Crippen molar-refractivity contribution in [3.63, 3.8) is 0 Å². The second-order valence-corrected chi connectivity index (χ2v) is 6.51. The zero-order valence-corrected chi connectivity index (χ0v) is 14.4. The van der Waals surface area contributed by atoms with Crippen LogP contribution in [0.25, 0.3) is 11.3 Å². The molecule has 0 aliphatic rings. The molecule has 1 heterocycles. The summed E-state index contributed by atoms with van der Waals surface area (Å²) in [5.74, 6) is -1.97. The lowest BCUT2D eigenvalue weighted by Gasteiger charge is -2.13. The molecule has 0 unspecified atom stereocenters. The third kappa shape index (κ3) is 4.25. The fraction of sp³-hybridized carbons (Fsp3) is 0.105. The summed E-state index contributed by atoms with van der Waals surface area (Å²) >= 11 is 1.28. The Balaban J connectivity index is 1.77. The van der Waals surface area contributed by atoms with Crippen LogP contribution in [-0.4, -0.2) is 33.2 Å². The van der Waals surface area contributed by atoms with Gasteiger partial charge in [0, 0.05) is 17.4 Å². The smallest absolute Gasteiger partial charge is 0.335 e. The van der Waals surface area contributed by atoms with Crippen molar-refractivity contribution in [1.29, 1.82) is 0 Å². The number of benzene rings is 2. The van der Waals surface area contributed by atoms with Crippen molar-refractivity contribution in [2.24, 2.45) is 0 Å². The van der Waals surface area contributed by atoms with Gasteiger partial charge in [0.2, 0.25) is 0 Å². The summed E-state index contributed by atoms with van der Waals surface area (Å²) in [6.45, 7) is 0. The molecule has 0 fully saturated rings. The van der Waals surface area contributed by atoms with Crippen molar-refractivity contribution in [3.8, 4) is 11.3 Å². The molecule has 3 rings (SSSR count). The van der Waals surface area contributed by atoms with Crippen LogP contribution in [0.4, 0.5) is 5.13 Å². The van der Waals surface area contributed by atoms with Crippen molar-refractivity contribution in [2.75, 3.05) is 5.32 Å². The maximum Gasteiger partial charge on any atom is 0.335 e. The summed E-state index contributed by atoms with van der Waals surface area (Å²) < 4.78 is 0. The predicted molar refractivity (Wildman–Crippen MR) is 99.7 cm³/mol. The van der Waals surface area contributed by atoms with Gasteiger partial charge in [0.25, 0.3) is 0 Å². The number of hydrogen-bond acceptors (Lipinski definition) is 5. The summed E-state index contributed by atoms with van der Waals surface area (Å²) in [7, 11) is 0. The van der Waals surface area contributed by atoms with Crippen LogP contribution >= 0.6 is 11.3 Å². The Morgan fingerprint density at radius 1 is 1.08 bits per heavy atom. The highest BCUT2D eigenvalue weighted by molar-refractivity contribution is 7.14. The first-order valence-electron chi connectivity index (χ1n) is 7.85. The molecule has 0 amide bonds. The molecule has 132 valence electrons. The lowest BCUT2D eigenvalue weighted by Crippen LogP contribution is -2.31. The zero-order chi connectivity index (χ0) is 18.5. The Hall–Kier alpha value is -3.19. The topological polar surface area (TPSA) is 99.5 Å². The number of carboxylic acid groups (broad SMARTS) is 2. The lowest BCUT2D eigenvalue weighted by atomic mass is 10.1. The second-order valence-electron chi connectivity index (χ2n) is 5.65. The van der Waals surface area contributed by atoms with Gasteiger partial charge in [0.15, 0.2) is 5.13 Å². The van der Waals surface area contributed by atoms with Crippen LogP contribution in [0.1, 0.15) is 15.9 Å². The van der Waals surface area contributed by atoms with Gasteiger partial charge in [-0.1, -0.05) is 42.5 Å². The molecule has 0 radical (unpaired) electrons. The number of anilines is 1. The van der Waals surface area contributed by atoms with Gasteiger partial charge < -0.3 is 15.5 Å². The minimum atomic E-state index is -1.01. The number of aromatic nitrogens is 1. The van der Waals surface area contributed by atoms with Gasteiger partial charge in [-0.05, 0) is 17.7 Å².